The van der Waals surface area contributed by atoms with Gasteiger partial charge in [0.25, 0.3) is 5.91 Å². The van der Waals surface area contributed by atoms with Crippen LogP contribution in [-0.4, -0.2) is 17.9 Å². The predicted octanol–water partition coefficient (Wildman–Crippen LogP) is 4.25. The maximum Gasteiger partial charge on any atom is 0.263 e. The second kappa shape index (κ2) is 7.93. The largest absolute Gasteiger partial charge is 0.356 e. The summed E-state index contributed by atoms with van der Waals surface area (Å²) in [6.07, 6.45) is -1.09. The van der Waals surface area contributed by atoms with E-state index in [1.165, 1.54) is 23.5 Å². The number of amides is 1. The van der Waals surface area contributed by atoms with E-state index in [0.717, 1.165) is 5.56 Å². The Labute approximate surface area is 154 Å². The number of rotatable bonds is 6. The van der Waals surface area contributed by atoms with Gasteiger partial charge in [0.1, 0.15) is 5.82 Å². The third-order valence-electron chi connectivity index (χ3n) is 3.79. The molecule has 0 aliphatic carbocycles. The van der Waals surface area contributed by atoms with E-state index in [-0.39, 0.29) is 11.5 Å². The van der Waals surface area contributed by atoms with Crippen LogP contribution < -0.4 is 10.6 Å². The Morgan fingerprint density at radius 2 is 1.73 bits per heavy atom. The number of para-hydroxylation sites is 1. The lowest BCUT2D eigenvalue weighted by Crippen LogP contribution is -2.46. The minimum Gasteiger partial charge on any atom is -0.356 e. The summed E-state index contributed by atoms with van der Waals surface area (Å²) in [5.74, 6) is -1.24. The summed E-state index contributed by atoms with van der Waals surface area (Å²) in [7, 11) is 0. The molecule has 4 nitrogen and oxygen atoms in total. The summed E-state index contributed by atoms with van der Waals surface area (Å²) in [5.41, 5.74) is 1.59. The van der Waals surface area contributed by atoms with E-state index in [0.29, 0.717) is 10.4 Å². The fourth-order valence-corrected chi connectivity index (χ4v) is 3.02. The van der Waals surface area contributed by atoms with E-state index >= 15 is 0 Å². The zero-order chi connectivity index (χ0) is 18.5. The van der Waals surface area contributed by atoms with Crippen molar-refractivity contribution in [2.24, 2.45) is 0 Å². The van der Waals surface area contributed by atoms with E-state index < -0.39 is 17.9 Å². The van der Waals surface area contributed by atoms with Crippen molar-refractivity contribution in [3.05, 3.63) is 87.9 Å². The van der Waals surface area contributed by atoms with Gasteiger partial charge in [0.2, 0.25) is 5.78 Å². The lowest BCUT2D eigenvalue weighted by atomic mass is 10.1. The van der Waals surface area contributed by atoms with Crippen molar-refractivity contribution in [1.82, 2.24) is 5.32 Å². The summed E-state index contributed by atoms with van der Waals surface area (Å²) in [6, 6.07) is 16.4. The van der Waals surface area contributed by atoms with E-state index in [2.05, 4.69) is 10.6 Å². The summed E-state index contributed by atoms with van der Waals surface area (Å²) in [6.45, 7) is 1.92. The molecular formula is C20H17FN2O2S. The first-order chi connectivity index (χ1) is 12.5. The molecule has 3 aromatic rings. The maximum absolute atomic E-state index is 14.0. The van der Waals surface area contributed by atoms with Crippen LogP contribution in [0.2, 0.25) is 0 Å². The molecule has 2 aromatic carbocycles. The van der Waals surface area contributed by atoms with Gasteiger partial charge in [0, 0.05) is 5.56 Å². The van der Waals surface area contributed by atoms with Gasteiger partial charge in [-0.1, -0.05) is 48.0 Å². The molecule has 0 aliphatic rings. The minimum absolute atomic E-state index is 0.143. The molecule has 0 bridgehead atoms. The molecule has 1 heterocycles. The smallest absolute Gasteiger partial charge is 0.263 e. The topological polar surface area (TPSA) is 58.2 Å². The molecule has 0 unspecified atom stereocenters. The number of hydrogen-bond acceptors (Lipinski definition) is 4. The fraction of sp³-hybridized carbons (Fsp3) is 0.100. The number of halogens is 1. The number of carbonyl (C=O) groups excluding carboxylic acids is 2. The van der Waals surface area contributed by atoms with Gasteiger partial charge in [-0.2, -0.15) is 0 Å². The second-order valence-electron chi connectivity index (χ2n) is 5.74. The summed E-state index contributed by atoms with van der Waals surface area (Å²) < 4.78 is 14.0. The first-order valence-electron chi connectivity index (χ1n) is 8.01. The van der Waals surface area contributed by atoms with Crippen LogP contribution in [0, 0.1) is 12.7 Å². The highest BCUT2D eigenvalue weighted by molar-refractivity contribution is 7.12. The highest BCUT2D eigenvalue weighted by atomic mass is 32.1. The van der Waals surface area contributed by atoms with Crippen LogP contribution in [0.3, 0.4) is 0 Å². The lowest BCUT2D eigenvalue weighted by Gasteiger charge is -2.20. The number of ketones is 1. The van der Waals surface area contributed by atoms with E-state index in [1.807, 2.05) is 19.1 Å². The zero-order valence-corrected chi connectivity index (χ0v) is 14.8. The molecule has 1 amide bonds. The molecule has 0 spiro atoms. The second-order valence-corrected chi connectivity index (χ2v) is 6.69. The van der Waals surface area contributed by atoms with E-state index in [9.17, 15) is 14.0 Å². The van der Waals surface area contributed by atoms with Crippen LogP contribution in [0.1, 0.15) is 25.6 Å². The number of thiophene rings is 1. The molecule has 0 aliphatic heterocycles. The summed E-state index contributed by atoms with van der Waals surface area (Å²) >= 11 is 1.27. The van der Waals surface area contributed by atoms with Crippen molar-refractivity contribution < 1.29 is 14.0 Å². The standard InChI is InChI=1S/C20H17FN2O2S/c1-13-8-10-14(11-9-13)18(24)19(22-16-6-3-2-5-15(16)21)23-20(25)17-7-4-12-26-17/h2-12,19,22H,1H3,(H,23,25)/t19-/m0/s1. The van der Waals surface area contributed by atoms with Crippen LogP contribution in [0.25, 0.3) is 0 Å². The molecule has 0 radical (unpaired) electrons. The van der Waals surface area contributed by atoms with Crippen LogP contribution in [0.15, 0.2) is 66.0 Å². The Kier molecular flexibility index (Phi) is 5.43. The Bertz CT molecular complexity index is 908. The number of hydrogen-bond donors (Lipinski definition) is 2. The Morgan fingerprint density at radius 1 is 1.00 bits per heavy atom. The molecule has 0 saturated heterocycles. The number of nitrogens with one attached hydrogen (secondary N) is 2. The van der Waals surface area contributed by atoms with Crippen LogP contribution in [-0.2, 0) is 0 Å². The van der Waals surface area contributed by atoms with Gasteiger partial charge < -0.3 is 10.6 Å². The average molecular weight is 368 g/mol. The van der Waals surface area contributed by atoms with E-state index in [4.69, 9.17) is 0 Å². The van der Waals surface area contributed by atoms with Gasteiger partial charge in [-0.05, 0) is 30.5 Å². The Morgan fingerprint density at radius 3 is 2.38 bits per heavy atom. The number of carbonyl (C=O) groups is 2. The zero-order valence-electron chi connectivity index (χ0n) is 14.0. The molecular weight excluding hydrogens is 351 g/mol. The number of benzene rings is 2. The molecule has 1 atom stereocenters. The highest BCUT2D eigenvalue weighted by Gasteiger charge is 2.24. The van der Waals surface area contributed by atoms with Crippen LogP contribution in [0.5, 0.6) is 0 Å². The van der Waals surface area contributed by atoms with Crippen molar-refractivity contribution in [2.45, 2.75) is 13.1 Å². The van der Waals surface area contributed by atoms with Gasteiger partial charge in [-0.25, -0.2) is 4.39 Å². The van der Waals surface area contributed by atoms with Crippen molar-refractivity contribution >= 4 is 28.7 Å². The molecule has 26 heavy (non-hydrogen) atoms. The minimum atomic E-state index is -1.09. The van der Waals surface area contributed by atoms with Gasteiger partial charge in [-0.3, -0.25) is 9.59 Å². The first-order valence-corrected chi connectivity index (χ1v) is 8.89. The first kappa shape index (κ1) is 17.8. The van der Waals surface area contributed by atoms with Gasteiger partial charge in [-0.15, -0.1) is 11.3 Å². The third-order valence-corrected chi connectivity index (χ3v) is 4.66. The normalized spacial score (nSPS) is 11.6. The Hall–Kier alpha value is -2.99. The monoisotopic (exact) mass is 368 g/mol. The quantitative estimate of drug-likeness (QED) is 0.505. The molecule has 132 valence electrons. The summed E-state index contributed by atoms with van der Waals surface area (Å²) in [4.78, 5) is 25.7. The third kappa shape index (κ3) is 4.15. The Balaban J connectivity index is 1.87. The van der Waals surface area contributed by atoms with Crippen LogP contribution >= 0.6 is 11.3 Å². The predicted molar refractivity (Wildman–Crippen MR) is 101 cm³/mol. The molecule has 1 aromatic heterocycles. The number of aryl methyl sites for hydroxylation is 1. The van der Waals surface area contributed by atoms with Crippen molar-refractivity contribution in [1.29, 1.82) is 0 Å². The molecule has 0 saturated carbocycles. The van der Waals surface area contributed by atoms with Gasteiger partial charge in [0.05, 0.1) is 10.6 Å². The maximum atomic E-state index is 14.0. The average Bonchev–Trinajstić information content (AvgIpc) is 3.18. The molecule has 6 heteroatoms. The molecule has 0 fully saturated rings. The van der Waals surface area contributed by atoms with Gasteiger partial charge >= 0.3 is 0 Å². The fourth-order valence-electron chi connectivity index (χ4n) is 2.40. The molecule has 2 N–H and O–H groups in total. The number of anilines is 1. The summed E-state index contributed by atoms with van der Waals surface area (Å²) in [5, 5.41) is 7.23. The number of Topliss-reactive ketones (excluding diaryl/α,β-unsaturated/α-hetero) is 1. The van der Waals surface area contributed by atoms with Crippen molar-refractivity contribution in [2.75, 3.05) is 5.32 Å². The SMILES string of the molecule is Cc1ccc(C(=O)[C@H](NC(=O)c2cccs2)Nc2ccccc2F)cc1. The lowest BCUT2D eigenvalue weighted by molar-refractivity contribution is 0.0871. The van der Waals surface area contributed by atoms with E-state index in [1.54, 1.807) is 41.8 Å². The van der Waals surface area contributed by atoms with Crippen molar-refractivity contribution in [3.8, 4) is 0 Å². The van der Waals surface area contributed by atoms with Gasteiger partial charge in [0.15, 0.2) is 6.17 Å². The van der Waals surface area contributed by atoms with Crippen LogP contribution in [0.4, 0.5) is 10.1 Å². The highest BCUT2D eigenvalue weighted by Crippen LogP contribution is 2.16. The van der Waals surface area contributed by atoms with Crippen molar-refractivity contribution in [3.63, 3.8) is 0 Å². The molecule has 3 rings (SSSR count).